The molecule has 1 aliphatic rings. The summed E-state index contributed by atoms with van der Waals surface area (Å²) in [7, 11) is 0. The van der Waals surface area contributed by atoms with Gasteiger partial charge in [0, 0.05) is 20.1 Å². The molecule has 0 saturated carbocycles. The van der Waals surface area contributed by atoms with E-state index in [1.54, 1.807) is 4.90 Å². The van der Waals surface area contributed by atoms with Gasteiger partial charge in [-0.25, -0.2) is 0 Å². The maximum absolute atomic E-state index is 12.2. The highest BCUT2D eigenvalue weighted by molar-refractivity contribution is 5.84. The minimum absolute atomic E-state index is 0.0586. The molecule has 0 aliphatic carbocycles. The van der Waals surface area contributed by atoms with E-state index < -0.39 is 0 Å². The quantitative estimate of drug-likeness (QED) is 0.873. The summed E-state index contributed by atoms with van der Waals surface area (Å²) >= 11 is 0. The summed E-state index contributed by atoms with van der Waals surface area (Å²) < 4.78 is 5.54. The van der Waals surface area contributed by atoms with Crippen molar-refractivity contribution >= 4 is 11.8 Å². The topological polar surface area (TPSA) is 58.6 Å². The second kappa shape index (κ2) is 7.94. The van der Waals surface area contributed by atoms with Crippen molar-refractivity contribution in [2.45, 2.75) is 38.8 Å². The Hall–Kier alpha value is -1.88. The molecule has 1 aliphatic heterocycles. The predicted molar refractivity (Wildman–Crippen MR) is 84.2 cm³/mol. The van der Waals surface area contributed by atoms with Crippen molar-refractivity contribution in [3.8, 4) is 0 Å². The fourth-order valence-electron chi connectivity index (χ4n) is 2.62. The molecule has 1 N–H and O–H groups in total. The van der Waals surface area contributed by atoms with Crippen LogP contribution in [-0.2, 0) is 14.3 Å². The van der Waals surface area contributed by atoms with E-state index in [0.29, 0.717) is 6.54 Å². The highest BCUT2D eigenvalue weighted by atomic mass is 16.5. The Kier molecular flexibility index (Phi) is 5.95. The van der Waals surface area contributed by atoms with Crippen molar-refractivity contribution in [2.75, 3.05) is 19.7 Å². The molecule has 2 rings (SSSR count). The molecule has 1 saturated heterocycles. The van der Waals surface area contributed by atoms with Gasteiger partial charge < -0.3 is 15.0 Å². The third-order valence-electron chi connectivity index (χ3n) is 3.90. The van der Waals surface area contributed by atoms with Gasteiger partial charge in [-0.2, -0.15) is 0 Å². The van der Waals surface area contributed by atoms with Gasteiger partial charge in [0.25, 0.3) is 0 Å². The number of nitrogens with one attached hydrogen (secondary N) is 1. The Morgan fingerprint density at radius 1 is 1.36 bits per heavy atom. The van der Waals surface area contributed by atoms with E-state index in [4.69, 9.17) is 4.74 Å². The molecule has 1 aromatic rings. The molecule has 1 fully saturated rings. The molecule has 1 heterocycles. The molecule has 1 aromatic carbocycles. The van der Waals surface area contributed by atoms with E-state index in [0.717, 1.165) is 25.0 Å². The first-order chi connectivity index (χ1) is 10.6. The molecule has 2 atom stereocenters. The zero-order valence-corrected chi connectivity index (χ0v) is 13.2. The molecule has 0 radical (unpaired) electrons. The molecule has 22 heavy (non-hydrogen) atoms. The summed E-state index contributed by atoms with van der Waals surface area (Å²) in [6.45, 7) is 4.73. The molecule has 5 nitrogen and oxygen atoms in total. The third kappa shape index (κ3) is 4.84. The smallest absolute Gasteiger partial charge is 0.240 e. The maximum atomic E-state index is 12.2. The van der Waals surface area contributed by atoms with Gasteiger partial charge in [0.15, 0.2) is 0 Å². The standard InChI is InChI=1S/C17H24N2O3/c1-13(15-7-4-3-5-8-15)18-17(21)12-19(14(2)20)11-16-9-6-10-22-16/h3-5,7-8,13,16H,6,9-12H2,1-2H3,(H,18,21). The second-order valence-electron chi connectivity index (χ2n) is 5.73. The number of benzene rings is 1. The molecule has 0 aromatic heterocycles. The van der Waals surface area contributed by atoms with Crippen LogP contribution in [0.3, 0.4) is 0 Å². The number of hydrogen-bond donors (Lipinski definition) is 1. The van der Waals surface area contributed by atoms with Crippen molar-refractivity contribution in [1.29, 1.82) is 0 Å². The van der Waals surface area contributed by atoms with E-state index in [-0.39, 0.29) is 30.5 Å². The molecule has 2 amide bonds. The Morgan fingerprint density at radius 3 is 2.68 bits per heavy atom. The van der Waals surface area contributed by atoms with E-state index in [1.807, 2.05) is 37.3 Å². The van der Waals surface area contributed by atoms with E-state index >= 15 is 0 Å². The molecule has 0 spiro atoms. The van der Waals surface area contributed by atoms with Crippen LogP contribution in [0.5, 0.6) is 0 Å². The zero-order valence-electron chi connectivity index (χ0n) is 13.2. The largest absolute Gasteiger partial charge is 0.376 e. The van der Waals surface area contributed by atoms with Crippen LogP contribution >= 0.6 is 0 Å². The number of nitrogens with zero attached hydrogens (tertiary/aromatic N) is 1. The number of ether oxygens (including phenoxy) is 1. The molecule has 5 heteroatoms. The molecule has 120 valence electrons. The summed E-state index contributed by atoms with van der Waals surface area (Å²) in [4.78, 5) is 25.4. The Labute approximate surface area is 131 Å². The van der Waals surface area contributed by atoms with E-state index in [1.165, 1.54) is 6.92 Å². The summed E-state index contributed by atoms with van der Waals surface area (Å²) in [5.41, 5.74) is 1.05. The fourth-order valence-corrected chi connectivity index (χ4v) is 2.62. The summed E-state index contributed by atoms with van der Waals surface area (Å²) in [6.07, 6.45) is 2.03. The summed E-state index contributed by atoms with van der Waals surface area (Å²) in [6, 6.07) is 9.69. The van der Waals surface area contributed by atoms with Crippen LogP contribution in [-0.4, -0.2) is 42.5 Å². The molecule has 2 unspecified atom stereocenters. The Morgan fingerprint density at radius 2 is 2.09 bits per heavy atom. The average molecular weight is 304 g/mol. The number of amides is 2. The van der Waals surface area contributed by atoms with Gasteiger partial charge >= 0.3 is 0 Å². The van der Waals surface area contributed by atoms with Crippen LogP contribution in [0.1, 0.15) is 38.3 Å². The van der Waals surface area contributed by atoms with Crippen molar-refractivity contribution in [1.82, 2.24) is 10.2 Å². The van der Waals surface area contributed by atoms with E-state index in [9.17, 15) is 9.59 Å². The normalized spacial score (nSPS) is 18.7. The first-order valence-electron chi connectivity index (χ1n) is 7.77. The Bertz CT molecular complexity index is 498. The van der Waals surface area contributed by atoms with Crippen LogP contribution in [0.4, 0.5) is 0 Å². The lowest BCUT2D eigenvalue weighted by atomic mass is 10.1. The van der Waals surface area contributed by atoms with Gasteiger partial charge in [0.05, 0.1) is 18.7 Å². The minimum Gasteiger partial charge on any atom is -0.376 e. The minimum atomic E-state index is -0.149. The van der Waals surface area contributed by atoms with Crippen LogP contribution in [0.25, 0.3) is 0 Å². The number of hydrogen-bond acceptors (Lipinski definition) is 3. The number of carbonyl (C=O) groups excluding carboxylic acids is 2. The zero-order chi connectivity index (χ0) is 15.9. The third-order valence-corrected chi connectivity index (χ3v) is 3.90. The predicted octanol–water partition coefficient (Wildman–Crippen LogP) is 1.89. The van der Waals surface area contributed by atoms with Gasteiger partial charge in [-0.1, -0.05) is 30.3 Å². The van der Waals surface area contributed by atoms with Crippen molar-refractivity contribution < 1.29 is 14.3 Å². The lowest BCUT2D eigenvalue weighted by molar-refractivity contribution is -0.136. The molecular formula is C17H24N2O3. The van der Waals surface area contributed by atoms with Crippen LogP contribution < -0.4 is 5.32 Å². The van der Waals surface area contributed by atoms with Gasteiger partial charge in [0.1, 0.15) is 0 Å². The maximum Gasteiger partial charge on any atom is 0.240 e. The van der Waals surface area contributed by atoms with E-state index in [2.05, 4.69) is 5.32 Å². The second-order valence-corrected chi connectivity index (χ2v) is 5.73. The first-order valence-corrected chi connectivity index (χ1v) is 7.77. The SMILES string of the molecule is CC(=O)N(CC(=O)NC(C)c1ccccc1)CC1CCCO1. The van der Waals surface area contributed by atoms with Crippen molar-refractivity contribution in [2.24, 2.45) is 0 Å². The van der Waals surface area contributed by atoms with Gasteiger partial charge in [-0.05, 0) is 25.3 Å². The lowest BCUT2D eigenvalue weighted by Crippen LogP contribution is -2.43. The fraction of sp³-hybridized carbons (Fsp3) is 0.529. The van der Waals surface area contributed by atoms with Gasteiger partial charge in [0.2, 0.25) is 11.8 Å². The highest BCUT2D eigenvalue weighted by Gasteiger charge is 2.22. The summed E-state index contributed by atoms with van der Waals surface area (Å²) in [5, 5.41) is 2.93. The number of rotatable bonds is 6. The van der Waals surface area contributed by atoms with Crippen molar-refractivity contribution in [3.63, 3.8) is 0 Å². The van der Waals surface area contributed by atoms with Gasteiger partial charge in [-0.15, -0.1) is 0 Å². The lowest BCUT2D eigenvalue weighted by Gasteiger charge is -2.24. The monoisotopic (exact) mass is 304 g/mol. The number of carbonyl (C=O) groups is 2. The van der Waals surface area contributed by atoms with Crippen LogP contribution in [0, 0.1) is 0 Å². The Balaban J connectivity index is 1.86. The van der Waals surface area contributed by atoms with Gasteiger partial charge in [-0.3, -0.25) is 9.59 Å². The van der Waals surface area contributed by atoms with Crippen LogP contribution in [0.2, 0.25) is 0 Å². The van der Waals surface area contributed by atoms with Crippen molar-refractivity contribution in [3.05, 3.63) is 35.9 Å². The average Bonchev–Trinajstić information content (AvgIpc) is 3.00. The molecule has 0 bridgehead atoms. The molecular weight excluding hydrogens is 280 g/mol. The first kappa shape index (κ1) is 16.5. The summed E-state index contributed by atoms with van der Waals surface area (Å²) in [5.74, 6) is -0.248. The highest BCUT2D eigenvalue weighted by Crippen LogP contribution is 2.14. The van der Waals surface area contributed by atoms with Crippen LogP contribution in [0.15, 0.2) is 30.3 Å².